The van der Waals surface area contributed by atoms with E-state index < -0.39 is 11.9 Å². The molecule has 0 saturated carbocycles. The molecule has 8 nitrogen and oxygen atoms in total. The van der Waals surface area contributed by atoms with Crippen molar-refractivity contribution >= 4 is 41.0 Å². The third-order valence-electron chi connectivity index (χ3n) is 5.56. The number of piperidine rings is 1. The highest BCUT2D eigenvalue weighted by molar-refractivity contribution is 6.31. The summed E-state index contributed by atoms with van der Waals surface area (Å²) in [4.78, 5) is 50.1. The van der Waals surface area contributed by atoms with E-state index in [0.29, 0.717) is 29.2 Å². The van der Waals surface area contributed by atoms with E-state index in [1.165, 1.54) is 4.90 Å². The Bertz CT molecular complexity index is 1100. The molecule has 3 N–H and O–H groups in total. The number of nitrogens with one attached hydrogen (secondary N) is 3. The van der Waals surface area contributed by atoms with Gasteiger partial charge in [-0.3, -0.25) is 19.7 Å². The summed E-state index contributed by atoms with van der Waals surface area (Å²) < 4.78 is 0. The van der Waals surface area contributed by atoms with Crippen LogP contribution in [0.3, 0.4) is 0 Å². The number of fused-ring (bicyclic) bond motifs is 1. The van der Waals surface area contributed by atoms with Crippen LogP contribution in [0.25, 0.3) is 0 Å². The maximum atomic E-state index is 12.9. The lowest BCUT2D eigenvalue weighted by Gasteiger charge is -2.29. The van der Waals surface area contributed by atoms with Crippen molar-refractivity contribution in [3.05, 3.63) is 63.7 Å². The van der Waals surface area contributed by atoms with E-state index >= 15 is 0 Å². The average molecular weight is 441 g/mol. The van der Waals surface area contributed by atoms with Crippen LogP contribution in [0.15, 0.2) is 36.4 Å². The van der Waals surface area contributed by atoms with Crippen LogP contribution in [0.1, 0.15) is 39.9 Å². The van der Waals surface area contributed by atoms with E-state index in [9.17, 15) is 19.2 Å². The fourth-order valence-corrected chi connectivity index (χ4v) is 3.98. The molecule has 0 radical (unpaired) electrons. The van der Waals surface area contributed by atoms with Crippen LogP contribution in [0.5, 0.6) is 0 Å². The summed E-state index contributed by atoms with van der Waals surface area (Å²) in [5.74, 6) is -0.998. The molecule has 2 aromatic rings. The molecule has 0 aliphatic carbocycles. The quantitative estimate of drug-likeness (QED) is 0.635. The van der Waals surface area contributed by atoms with Gasteiger partial charge in [-0.25, -0.2) is 4.79 Å². The maximum Gasteiger partial charge on any atom is 0.319 e. The summed E-state index contributed by atoms with van der Waals surface area (Å²) in [5, 5.41) is 8.38. The van der Waals surface area contributed by atoms with E-state index in [4.69, 9.17) is 11.6 Å². The number of halogens is 1. The van der Waals surface area contributed by atoms with Gasteiger partial charge in [0, 0.05) is 35.8 Å². The minimum atomic E-state index is -0.647. The van der Waals surface area contributed by atoms with Crippen molar-refractivity contribution < 1.29 is 19.2 Å². The lowest BCUT2D eigenvalue weighted by Crippen LogP contribution is -2.52. The van der Waals surface area contributed by atoms with Gasteiger partial charge in [-0.1, -0.05) is 29.8 Å². The van der Waals surface area contributed by atoms with Gasteiger partial charge in [0.05, 0.1) is 0 Å². The summed E-state index contributed by atoms with van der Waals surface area (Å²) in [6.07, 6.45) is 0.537. The van der Waals surface area contributed by atoms with E-state index in [-0.39, 0.29) is 30.8 Å². The normalized spacial score (nSPS) is 17.9. The summed E-state index contributed by atoms with van der Waals surface area (Å²) >= 11 is 6.07. The Morgan fingerprint density at radius 1 is 1.23 bits per heavy atom. The van der Waals surface area contributed by atoms with Gasteiger partial charge in [0.15, 0.2) is 0 Å². The Kier molecular flexibility index (Phi) is 5.65. The molecule has 2 aliphatic rings. The van der Waals surface area contributed by atoms with Crippen molar-refractivity contribution in [2.24, 2.45) is 0 Å². The molecule has 4 rings (SSSR count). The molecule has 31 heavy (non-hydrogen) atoms. The Labute approximate surface area is 183 Å². The molecule has 1 atom stereocenters. The van der Waals surface area contributed by atoms with Gasteiger partial charge in [0.25, 0.3) is 5.91 Å². The zero-order chi connectivity index (χ0) is 22.1. The molecule has 0 bridgehead atoms. The first kappa shape index (κ1) is 20.9. The summed E-state index contributed by atoms with van der Waals surface area (Å²) in [6, 6.07) is 9.63. The average Bonchev–Trinajstić information content (AvgIpc) is 3.06. The SMILES string of the molecule is Cc1c(Cl)cccc1NC(=O)NCc1ccc2c(c1)C(=O)N(C1CCC(=O)NC1=O)C2. The number of carbonyl (C=O) groups excluding carboxylic acids is 4. The smallest absolute Gasteiger partial charge is 0.319 e. The van der Waals surface area contributed by atoms with E-state index in [1.807, 2.05) is 19.1 Å². The number of carbonyl (C=O) groups is 4. The molecular weight excluding hydrogens is 420 g/mol. The van der Waals surface area contributed by atoms with Crippen LogP contribution < -0.4 is 16.0 Å². The van der Waals surface area contributed by atoms with Crippen LogP contribution in [-0.2, 0) is 22.7 Å². The Balaban J connectivity index is 1.40. The second kappa shape index (κ2) is 8.39. The monoisotopic (exact) mass is 440 g/mol. The number of hydrogen-bond donors (Lipinski definition) is 3. The van der Waals surface area contributed by atoms with Gasteiger partial charge >= 0.3 is 6.03 Å². The Morgan fingerprint density at radius 3 is 2.81 bits per heavy atom. The highest BCUT2D eigenvalue weighted by Gasteiger charge is 2.39. The summed E-state index contributed by atoms with van der Waals surface area (Å²) in [5.41, 5.74) is 3.48. The fourth-order valence-electron chi connectivity index (χ4n) is 3.80. The zero-order valence-electron chi connectivity index (χ0n) is 16.8. The van der Waals surface area contributed by atoms with Crippen molar-refractivity contribution in [1.29, 1.82) is 0 Å². The molecule has 1 fully saturated rings. The van der Waals surface area contributed by atoms with Crippen LogP contribution in [0, 0.1) is 6.92 Å². The number of benzene rings is 2. The van der Waals surface area contributed by atoms with E-state index in [0.717, 1.165) is 16.7 Å². The molecule has 2 aliphatic heterocycles. The van der Waals surface area contributed by atoms with Crippen LogP contribution in [-0.4, -0.2) is 34.7 Å². The van der Waals surface area contributed by atoms with Crippen LogP contribution in [0.4, 0.5) is 10.5 Å². The first-order chi connectivity index (χ1) is 14.8. The maximum absolute atomic E-state index is 12.9. The minimum absolute atomic E-state index is 0.215. The molecule has 2 heterocycles. The first-order valence-electron chi connectivity index (χ1n) is 9.90. The second-order valence-electron chi connectivity index (χ2n) is 7.61. The third-order valence-corrected chi connectivity index (χ3v) is 5.97. The molecule has 2 aromatic carbocycles. The molecule has 5 amide bonds. The van der Waals surface area contributed by atoms with Gasteiger partial charge in [0.2, 0.25) is 11.8 Å². The standard InChI is InChI=1S/C22H21ClN4O4/c1-12-16(23)3-2-4-17(12)25-22(31)24-10-13-5-6-14-11-27(21(30)15(14)9-13)18-7-8-19(28)26-20(18)29/h2-6,9,18H,7-8,10-11H2,1H3,(H2,24,25,31)(H,26,28,29). The predicted molar refractivity (Wildman–Crippen MR) is 115 cm³/mol. The van der Waals surface area contributed by atoms with Gasteiger partial charge in [-0.15, -0.1) is 0 Å². The largest absolute Gasteiger partial charge is 0.334 e. The van der Waals surface area contributed by atoms with Gasteiger partial charge < -0.3 is 15.5 Å². The fraction of sp³-hybridized carbons (Fsp3) is 0.273. The topological polar surface area (TPSA) is 108 Å². The minimum Gasteiger partial charge on any atom is -0.334 e. The molecule has 0 aromatic heterocycles. The Morgan fingerprint density at radius 2 is 2.03 bits per heavy atom. The zero-order valence-corrected chi connectivity index (χ0v) is 17.6. The summed E-state index contributed by atoms with van der Waals surface area (Å²) in [7, 11) is 0. The van der Waals surface area contributed by atoms with Gasteiger partial charge in [0.1, 0.15) is 6.04 Å². The van der Waals surface area contributed by atoms with Crippen molar-refractivity contribution in [3.63, 3.8) is 0 Å². The molecule has 1 saturated heterocycles. The van der Waals surface area contributed by atoms with Crippen LogP contribution in [0.2, 0.25) is 5.02 Å². The number of imide groups is 1. The highest BCUT2D eigenvalue weighted by Crippen LogP contribution is 2.28. The lowest BCUT2D eigenvalue weighted by atomic mass is 10.0. The number of hydrogen-bond acceptors (Lipinski definition) is 4. The van der Waals surface area contributed by atoms with Crippen molar-refractivity contribution in [2.75, 3.05) is 5.32 Å². The highest BCUT2D eigenvalue weighted by atomic mass is 35.5. The number of nitrogens with zero attached hydrogens (tertiary/aromatic N) is 1. The molecule has 0 spiro atoms. The van der Waals surface area contributed by atoms with Crippen molar-refractivity contribution in [2.45, 2.75) is 38.9 Å². The number of amides is 5. The van der Waals surface area contributed by atoms with Crippen molar-refractivity contribution in [3.8, 4) is 0 Å². The molecule has 160 valence electrons. The van der Waals surface area contributed by atoms with Crippen LogP contribution >= 0.6 is 11.6 Å². The number of anilines is 1. The van der Waals surface area contributed by atoms with Gasteiger partial charge in [-0.2, -0.15) is 0 Å². The number of urea groups is 1. The second-order valence-corrected chi connectivity index (χ2v) is 8.02. The predicted octanol–water partition coefficient (Wildman–Crippen LogP) is 2.73. The molecule has 9 heteroatoms. The molecular formula is C22H21ClN4O4. The van der Waals surface area contributed by atoms with E-state index in [2.05, 4.69) is 16.0 Å². The molecule has 1 unspecified atom stereocenters. The van der Waals surface area contributed by atoms with E-state index in [1.54, 1.807) is 24.3 Å². The third kappa shape index (κ3) is 4.25. The van der Waals surface area contributed by atoms with Crippen molar-refractivity contribution in [1.82, 2.24) is 15.5 Å². The Hall–Kier alpha value is -3.39. The van der Waals surface area contributed by atoms with Gasteiger partial charge in [-0.05, 0) is 48.2 Å². The number of rotatable bonds is 4. The summed E-state index contributed by atoms with van der Waals surface area (Å²) in [6.45, 7) is 2.37. The first-order valence-corrected chi connectivity index (χ1v) is 10.3. The lowest BCUT2D eigenvalue weighted by molar-refractivity contribution is -0.136.